The number of carbonyl (C=O) groups is 2. The van der Waals surface area contributed by atoms with Gasteiger partial charge in [-0.1, -0.05) is 0 Å². The molecule has 0 saturated carbocycles. The Morgan fingerprint density at radius 2 is 1.59 bits per heavy atom. The predicted octanol–water partition coefficient (Wildman–Crippen LogP) is -0.613. The minimum atomic E-state index is -0.905. The first-order valence-electron chi connectivity index (χ1n) is 6.73. The summed E-state index contributed by atoms with van der Waals surface area (Å²) in [7, 11) is 5.73. The molecule has 22 heavy (non-hydrogen) atoms. The van der Waals surface area contributed by atoms with E-state index in [0.717, 1.165) is 0 Å². The quantitative estimate of drug-likeness (QED) is 0.376. The molecule has 1 heterocycles. The SMILES string of the molecule is COC(=O)CC(=O)NO[C@@H]1O[C@@H](C)[C@H](OC)[C@H](OC)[C@@H]1OC. The molecule has 1 N–H and O–H groups in total. The van der Waals surface area contributed by atoms with Gasteiger partial charge in [0.15, 0.2) is 0 Å². The third-order valence-electron chi connectivity index (χ3n) is 3.37. The van der Waals surface area contributed by atoms with Crippen molar-refractivity contribution in [2.45, 2.75) is 44.1 Å². The highest BCUT2D eigenvalue weighted by atomic mass is 16.8. The largest absolute Gasteiger partial charge is 0.469 e. The van der Waals surface area contributed by atoms with E-state index in [9.17, 15) is 9.59 Å². The second-order valence-corrected chi connectivity index (χ2v) is 4.71. The van der Waals surface area contributed by atoms with Crippen molar-refractivity contribution in [3.63, 3.8) is 0 Å². The van der Waals surface area contributed by atoms with Gasteiger partial charge in [-0.25, -0.2) is 10.3 Å². The molecule has 1 saturated heterocycles. The number of rotatable bonds is 7. The lowest BCUT2D eigenvalue weighted by atomic mass is 9.99. The number of hydrogen-bond acceptors (Lipinski definition) is 8. The maximum atomic E-state index is 11.5. The van der Waals surface area contributed by atoms with Gasteiger partial charge >= 0.3 is 5.97 Å². The average Bonchev–Trinajstić information content (AvgIpc) is 2.51. The van der Waals surface area contributed by atoms with Crippen molar-refractivity contribution in [2.75, 3.05) is 28.4 Å². The Morgan fingerprint density at radius 3 is 2.09 bits per heavy atom. The van der Waals surface area contributed by atoms with E-state index in [4.69, 9.17) is 23.8 Å². The first-order valence-corrected chi connectivity index (χ1v) is 6.73. The molecule has 1 amide bonds. The van der Waals surface area contributed by atoms with Crippen LogP contribution in [-0.4, -0.2) is 71.0 Å². The van der Waals surface area contributed by atoms with Crippen molar-refractivity contribution in [3.8, 4) is 0 Å². The summed E-state index contributed by atoms with van der Waals surface area (Å²) in [5.41, 5.74) is 2.14. The summed E-state index contributed by atoms with van der Waals surface area (Å²) in [5, 5.41) is 0. The van der Waals surface area contributed by atoms with E-state index in [1.54, 1.807) is 14.0 Å². The van der Waals surface area contributed by atoms with Crippen LogP contribution >= 0.6 is 0 Å². The van der Waals surface area contributed by atoms with E-state index in [-0.39, 0.29) is 12.2 Å². The van der Waals surface area contributed by atoms with Crippen molar-refractivity contribution in [1.29, 1.82) is 0 Å². The summed E-state index contributed by atoms with van der Waals surface area (Å²) in [6.45, 7) is 1.79. The van der Waals surface area contributed by atoms with Gasteiger partial charge in [-0.05, 0) is 6.92 Å². The third-order valence-corrected chi connectivity index (χ3v) is 3.37. The van der Waals surface area contributed by atoms with Crippen molar-refractivity contribution in [1.82, 2.24) is 5.48 Å². The van der Waals surface area contributed by atoms with Crippen LogP contribution in [0.5, 0.6) is 0 Å². The summed E-state index contributed by atoms with van der Waals surface area (Å²) in [6, 6.07) is 0. The zero-order chi connectivity index (χ0) is 16.7. The molecule has 0 aromatic carbocycles. The Labute approximate surface area is 129 Å². The lowest BCUT2D eigenvalue weighted by Gasteiger charge is -2.43. The maximum absolute atomic E-state index is 11.5. The molecule has 0 radical (unpaired) electrons. The van der Waals surface area contributed by atoms with Gasteiger partial charge in [0.05, 0.1) is 13.2 Å². The average molecular weight is 321 g/mol. The van der Waals surface area contributed by atoms with E-state index in [0.29, 0.717) is 0 Å². The minimum Gasteiger partial charge on any atom is -0.469 e. The zero-order valence-corrected chi connectivity index (χ0v) is 13.4. The van der Waals surface area contributed by atoms with E-state index < -0.39 is 36.8 Å². The minimum absolute atomic E-state index is 0.344. The highest BCUT2D eigenvalue weighted by molar-refractivity contribution is 5.93. The van der Waals surface area contributed by atoms with Crippen LogP contribution in [0.2, 0.25) is 0 Å². The molecular weight excluding hydrogens is 298 g/mol. The summed E-state index contributed by atoms with van der Waals surface area (Å²) in [5.74, 6) is -1.32. The van der Waals surface area contributed by atoms with Crippen LogP contribution < -0.4 is 5.48 Å². The van der Waals surface area contributed by atoms with Crippen LogP contribution in [0.15, 0.2) is 0 Å². The molecule has 0 unspecified atom stereocenters. The Balaban J connectivity index is 2.64. The summed E-state index contributed by atoms with van der Waals surface area (Å²) in [4.78, 5) is 27.7. The van der Waals surface area contributed by atoms with Crippen LogP contribution in [0.1, 0.15) is 13.3 Å². The molecule has 5 atom stereocenters. The molecular formula is C13H23NO8. The van der Waals surface area contributed by atoms with Crippen molar-refractivity contribution in [3.05, 3.63) is 0 Å². The second-order valence-electron chi connectivity index (χ2n) is 4.71. The van der Waals surface area contributed by atoms with Crippen molar-refractivity contribution >= 4 is 11.9 Å². The van der Waals surface area contributed by atoms with Crippen LogP contribution in [-0.2, 0) is 38.1 Å². The monoisotopic (exact) mass is 321 g/mol. The number of amides is 1. The molecule has 0 aromatic heterocycles. The second kappa shape index (κ2) is 9.01. The van der Waals surface area contributed by atoms with Gasteiger partial charge in [-0.15, -0.1) is 0 Å². The van der Waals surface area contributed by atoms with Crippen LogP contribution in [0.4, 0.5) is 0 Å². The Hall–Kier alpha value is -1.26. The number of hydroxylamine groups is 1. The highest BCUT2D eigenvalue weighted by Gasteiger charge is 2.46. The molecule has 0 spiro atoms. The Morgan fingerprint density at radius 1 is 1.00 bits per heavy atom. The van der Waals surface area contributed by atoms with Gasteiger partial charge in [-0.2, -0.15) is 0 Å². The third kappa shape index (κ3) is 4.62. The summed E-state index contributed by atoms with van der Waals surface area (Å²) < 4.78 is 26.1. The predicted molar refractivity (Wildman–Crippen MR) is 72.6 cm³/mol. The number of carbonyl (C=O) groups excluding carboxylic acids is 2. The molecule has 1 aliphatic rings. The van der Waals surface area contributed by atoms with Gasteiger partial charge < -0.3 is 23.7 Å². The molecule has 128 valence electrons. The number of nitrogens with one attached hydrogen (secondary N) is 1. The molecule has 1 rings (SSSR count). The molecule has 1 aliphatic heterocycles. The van der Waals surface area contributed by atoms with E-state index in [2.05, 4.69) is 10.2 Å². The van der Waals surface area contributed by atoms with Crippen molar-refractivity contribution < 1.29 is 38.1 Å². The number of ether oxygens (including phenoxy) is 5. The van der Waals surface area contributed by atoms with Crippen molar-refractivity contribution in [2.24, 2.45) is 0 Å². The fraction of sp³-hybridized carbons (Fsp3) is 0.846. The summed E-state index contributed by atoms with van der Waals surface area (Å²) in [6.07, 6.45) is -3.11. The van der Waals surface area contributed by atoms with E-state index in [1.807, 2.05) is 0 Å². The van der Waals surface area contributed by atoms with Crippen LogP contribution in [0.25, 0.3) is 0 Å². The Bertz CT molecular complexity index is 377. The molecule has 0 aromatic rings. The lowest BCUT2D eigenvalue weighted by Crippen LogP contribution is -2.60. The van der Waals surface area contributed by atoms with Crippen LogP contribution in [0, 0.1) is 0 Å². The molecule has 9 heteroatoms. The fourth-order valence-corrected chi connectivity index (χ4v) is 2.27. The standard InChI is InChI=1S/C13H23NO8/c1-7-10(18-3)11(19-4)12(20-5)13(21-7)22-14-8(15)6-9(16)17-2/h7,10-13H,6H2,1-5H3,(H,14,15)/t7-,10-,11-,12-,13-/m0/s1. The number of methoxy groups -OCH3 is 4. The normalized spacial score (nSPS) is 31.6. The van der Waals surface area contributed by atoms with E-state index in [1.165, 1.54) is 21.3 Å². The maximum Gasteiger partial charge on any atom is 0.315 e. The Kier molecular flexibility index (Phi) is 7.69. The van der Waals surface area contributed by atoms with Gasteiger partial charge in [0, 0.05) is 21.3 Å². The van der Waals surface area contributed by atoms with Gasteiger partial charge in [0.2, 0.25) is 6.29 Å². The first-order chi connectivity index (χ1) is 10.5. The smallest absolute Gasteiger partial charge is 0.315 e. The lowest BCUT2D eigenvalue weighted by molar-refractivity contribution is -0.316. The van der Waals surface area contributed by atoms with E-state index >= 15 is 0 Å². The first kappa shape index (κ1) is 18.8. The van der Waals surface area contributed by atoms with Gasteiger partial charge in [0.1, 0.15) is 24.7 Å². The molecule has 9 nitrogen and oxygen atoms in total. The highest BCUT2D eigenvalue weighted by Crippen LogP contribution is 2.27. The molecule has 0 aliphatic carbocycles. The fourth-order valence-electron chi connectivity index (χ4n) is 2.27. The summed E-state index contributed by atoms with van der Waals surface area (Å²) >= 11 is 0. The topological polar surface area (TPSA) is 102 Å². The molecule has 1 fully saturated rings. The van der Waals surface area contributed by atoms with Gasteiger partial charge in [-0.3, -0.25) is 9.59 Å². The zero-order valence-electron chi connectivity index (χ0n) is 13.4. The van der Waals surface area contributed by atoms with Crippen LogP contribution in [0.3, 0.4) is 0 Å². The number of hydrogen-bond donors (Lipinski definition) is 1. The number of esters is 1. The van der Waals surface area contributed by atoms with Gasteiger partial charge in [0.25, 0.3) is 5.91 Å². The molecule has 0 bridgehead atoms.